The van der Waals surface area contributed by atoms with Crippen LogP contribution in [-0.4, -0.2) is 27.2 Å². The number of rotatable bonds is 5. The first kappa shape index (κ1) is 21.0. The number of nitrogens with one attached hydrogen (secondary N) is 1. The SMILES string of the molecule is Cc1cc(NS(=O)(=O)c2ccc(OC(F)(F)F)cc2)ccc1N1CCCCC1=O. The molecule has 0 aromatic heterocycles. The summed E-state index contributed by atoms with van der Waals surface area (Å²) < 4.78 is 67.8. The average molecular weight is 428 g/mol. The van der Waals surface area contributed by atoms with E-state index < -0.39 is 22.1 Å². The zero-order valence-electron chi connectivity index (χ0n) is 15.5. The molecule has 0 unspecified atom stereocenters. The van der Waals surface area contributed by atoms with Crippen molar-refractivity contribution in [2.75, 3.05) is 16.2 Å². The Bertz CT molecular complexity index is 1010. The van der Waals surface area contributed by atoms with Crippen LogP contribution in [-0.2, 0) is 14.8 Å². The summed E-state index contributed by atoms with van der Waals surface area (Å²) in [5.74, 6) is -0.475. The fraction of sp³-hybridized carbons (Fsp3) is 0.316. The van der Waals surface area contributed by atoms with Crippen molar-refractivity contribution in [2.24, 2.45) is 0 Å². The maximum Gasteiger partial charge on any atom is 0.573 e. The number of amides is 1. The molecule has 0 spiro atoms. The second kappa shape index (κ2) is 7.94. The van der Waals surface area contributed by atoms with Crippen LogP contribution in [0, 0.1) is 6.92 Å². The molecule has 0 saturated carbocycles. The van der Waals surface area contributed by atoms with Crippen LogP contribution in [0.5, 0.6) is 5.75 Å². The molecular formula is C19H19F3N2O4S. The quantitative estimate of drug-likeness (QED) is 0.774. The minimum absolute atomic E-state index is 0.0360. The molecule has 1 saturated heterocycles. The molecule has 0 atom stereocenters. The fourth-order valence-electron chi connectivity index (χ4n) is 3.12. The molecule has 1 aliphatic heterocycles. The highest BCUT2D eigenvalue weighted by molar-refractivity contribution is 7.92. The average Bonchev–Trinajstić information content (AvgIpc) is 2.61. The summed E-state index contributed by atoms with van der Waals surface area (Å²) in [5.41, 5.74) is 1.74. The third-order valence-corrected chi connectivity index (χ3v) is 5.83. The molecule has 1 aliphatic rings. The van der Waals surface area contributed by atoms with E-state index in [2.05, 4.69) is 9.46 Å². The van der Waals surface area contributed by atoms with E-state index in [1.165, 1.54) is 0 Å². The number of carbonyl (C=O) groups excluding carboxylic acids is 1. The van der Waals surface area contributed by atoms with Crippen molar-refractivity contribution < 1.29 is 31.1 Å². The third kappa shape index (κ3) is 5.20. The standard InChI is InChI=1S/C19H19F3N2O4S/c1-13-12-14(5-10-17(13)24-11-3-2-4-18(24)25)23-29(26,27)16-8-6-15(7-9-16)28-19(20,21)22/h5-10,12,23H,2-4,11H2,1H3. The van der Waals surface area contributed by atoms with Gasteiger partial charge in [-0.2, -0.15) is 0 Å². The van der Waals surface area contributed by atoms with Crippen molar-refractivity contribution in [2.45, 2.75) is 37.4 Å². The lowest BCUT2D eigenvalue weighted by Gasteiger charge is -2.28. The van der Waals surface area contributed by atoms with E-state index in [0.29, 0.717) is 13.0 Å². The van der Waals surface area contributed by atoms with Crippen LogP contribution in [0.15, 0.2) is 47.4 Å². The van der Waals surface area contributed by atoms with Gasteiger partial charge in [0.05, 0.1) is 4.90 Å². The Morgan fingerprint density at radius 1 is 1.07 bits per heavy atom. The van der Waals surface area contributed by atoms with Gasteiger partial charge in [-0.3, -0.25) is 9.52 Å². The highest BCUT2D eigenvalue weighted by Gasteiger charge is 2.31. The number of hydrogen-bond acceptors (Lipinski definition) is 4. The second-order valence-electron chi connectivity index (χ2n) is 6.63. The van der Waals surface area contributed by atoms with Crippen molar-refractivity contribution >= 4 is 27.3 Å². The summed E-state index contributed by atoms with van der Waals surface area (Å²) >= 11 is 0. The maximum atomic E-state index is 12.5. The molecule has 156 valence electrons. The van der Waals surface area contributed by atoms with E-state index in [0.717, 1.165) is 48.4 Å². The summed E-state index contributed by atoms with van der Waals surface area (Å²) in [4.78, 5) is 13.6. The van der Waals surface area contributed by atoms with E-state index in [-0.39, 0.29) is 16.5 Å². The number of ether oxygens (including phenoxy) is 1. The third-order valence-electron chi connectivity index (χ3n) is 4.43. The Hall–Kier alpha value is -2.75. The number of aryl methyl sites for hydroxylation is 1. The van der Waals surface area contributed by atoms with E-state index in [4.69, 9.17) is 0 Å². The van der Waals surface area contributed by atoms with Gasteiger partial charge in [-0.25, -0.2) is 8.42 Å². The van der Waals surface area contributed by atoms with Crippen LogP contribution in [0.25, 0.3) is 0 Å². The number of alkyl halides is 3. The van der Waals surface area contributed by atoms with Gasteiger partial charge in [0.25, 0.3) is 10.0 Å². The minimum Gasteiger partial charge on any atom is -0.406 e. The van der Waals surface area contributed by atoms with E-state index in [1.54, 1.807) is 30.0 Å². The summed E-state index contributed by atoms with van der Waals surface area (Å²) in [6.45, 7) is 2.40. The molecule has 0 aliphatic carbocycles. The van der Waals surface area contributed by atoms with Gasteiger partial charge in [-0.15, -0.1) is 13.2 Å². The first-order valence-corrected chi connectivity index (χ1v) is 10.3. The van der Waals surface area contributed by atoms with Crippen LogP contribution in [0.1, 0.15) is 24.8 Å². The molecule has 10 heteroatoms. The molecule has 2 aromatic rings. The first-order valence-electron chi connectivity index (χ1n) is 8.85. The maximum absolute atomic E-state index is 12.5. The lowest BCUT2D eigenvalue weighted by atomic mass is 10.1. The van der Waals surface area contributed by atoms with Gasteiger partial charge in [-0.1, -0.05) is 0 Å². The molecule has 2 aromatic carbocycles. The van der Waals surface area contributed by atoms with Gasteiger partial charge in [0.15, 0.2) is 0 Å². The Morgan fingerprint density at radius 2 is 1.76 bits per heavy atom. The Kier molecular flexibility index (Phi) is 5.74. The van der Waals surface area contributed by atoms with Crippen LogP contribution in [0.4, 0.5) is 24.5 Å². The zero-order chi connectivity index (χ0) is 21.2. The Morgan fingerprint density at radius 3 is 2.34 bits per heavy atom. The van der Waals surface area contributed by atoms with Crippen molar-refractivity contribution in [3.05, 3.63) is 48.0 Å². The lowest BCUT2D eigenvalue weighted by molar-refractivity contribution is -0.274. The van der Waals surface area contributed by atoms with Crippen LogP contribution in [0.2, 0.25) is 0 Å². The van der Waals surface area contributed by atoms with Crippen molar-refractivity contribution in [1.82, 2.24) is 0 Å². The van der Waals surface area contributed by atoms with Gasteiger partial charge < -0.3 is 9.64 Å². The lowest BCUT2D eigenvalue weighted by Crippen LogP contribution is -2.35. The second-order valence-corrected chi connectivity index (χ2v) is 8.31. The summed E-state index contributed by atoms with van der Waals surface area (Å²) in [6.07, 6.45) is -2.60. The van der Waals surface area contributed by atoms with Gasteiger partial charge in [0.2, 0.25) is 5.91 Å². The molecule has 1 fully saturated rings. The molecule has 0 radical (unpaired) electrons. The number of anilines is 2. The van der Waals surface area contributed by atoms with E-state index in [1.807, 2.05) is 0 Å². The van der Waals surface area contributed by atoms with Gasteiger partial charge in [-0.05, 0) is 67.8 Å². The number of carbonyl (C=O) groups is 1. The number of halogens is 3. The van der Waals surface area contributed by atoms with Crippen molar-refractivity contribution in [1.29, 1.82) is 0 Å². The normalized spacial score (nSPS) is 15.3. The molecule has 6 nitrogen and oxygen atoms in total. The van der Waals surface area contributed by atoms with E-state index >= 15 is 0 Å². The molecule has 29 heavy (non-hydrogen) atoms. The van der Waals surface area contributed by atoms with Gasteiger partial charge >= 0.3 is 6.36 Å². The number of benzene rings is 2. The monoisotopic (exact) mass is 428 g/mol. The number of piperidine rings is 1. The van der Waals surface area contributed by atoms with Crippen molar-refractivity contribution in [3.8, 4) is 5.75 Å². The Balaban J connectivity index is 1.76. The van der Waals surface area contributed by atoms with Crippen LogP contribution < -0.4 is 14.4 Å². The van der Waals surface area contributed by atoms with Crippen LogP contribution in [0.3, 0.4) is 0 Å². The minimum atomic E-state index is -4.85. The van der Waals surface area contributed by atoms with Crippen molar-refractivity contribution in [3.63, 3.8) is 0 Å². The number of nitrogens with zero attached hydrogens (tertiary/aromatic N) is 1. The first-order chi connectivity index (χ1) is 13.5. The van der Waals surface area contributed by atoms with Gasteiger partial charge in [0.1, 0.15) is 5.75 Å². The topological polar surface area (TPSA) is 75.7 Å². The highest BCUT2D eigenvalue weighted by Crippen LogP contribution is 2.29. The molecule has 0 bridgehead atoms. The molecule has 1 heterocycles. The molecule has 1 N–H and O–H groups in total. The molecular weight excluding hydrogens is 409 g/mol. The zero-order valence-corrected chi connectivity index (χ0v) is 16.3. The highest BCUT2D eigenvalue weighted by atomic mass is 32.2. The number of sulfonamides is 1. The summed E-state index contributed by atoms with van der Waals surface area (Å²) in [6, 6.07) is 8.74. The summed E-state index contributed by atoms with van der Waals surface area (Å²) in [7, 11) is -4.01. The fourth-order valence-corrected chi connectivity index (χ4v) is 4.17. The predicted molar refractivity (Wildman–Crippen MR) is 101 cm³/mol. The number of hydrogen-bond donors (Lipinski definition) is 1. The molecule has 3 rings (SSSR count). The predicted octanol–water partition coefficient (Wildman–Crippen LogP) is 4.21. The van der Waals surface area contributed by atoms with Gasteiger partial charge in [0, 0.05) is 24.3 Å². The molecule has 1 amide bonds. The van der Waals surface area contributed by atoms with E-state index in [9.17, 15) is 26.4 Å². The van der Waals surface area contributed by atoms with Crippen LogP contribution >= 0.6 is 0 Å². The largest absolute Gasteiger partial charge is 0.573 e. The summed E-state index contributed by atoms with van der Waals surface area (Å²) in [5, 5.41) is 0. The smallest absolute Gasteiger partial charge is 0.406 e. The Labute approximate surface area is 166 Å².